The van der Waals surface area contributed by atoms with Gasteiger partial charge >= 0.3 is 0 Å². The maximum Gasteiger partial charge on any atom is 0.273 e. The van der Waals surface area contributed by atoms with E-state index in [0.717, 1.165) is 209 Å². The van der Waals surface area contributed by atoms with Gasteiger partial charge in [-0.25, -0.2) is 49.8 Å². The zero-order chi connectivity index (χ0) is 99.7. The highest BCUT2D eigenvalue weighted by Gasteiger charge is 2.48. The molecule has 1 N–H and O–H groups in total. The van der Waals surface area contributed by atoms with Gasteiger partial charge in [0.05, 0.1) is 193 Å². The van der Waals surface area contributed by atoms with Crippen molar-refractivity contribution in [3.8, 4) is 64.6 Å². The van der Waals surface area contributed by atoms with E-state index in [9.17, 15) is 28.8 Å². The molecule has 8 fully saturated rings. The van der Waals surface area contributed by atoms with Gasteiger partial charge in [-0.05, 0) is 263 Å². The number of methoxy groups -OCH3 is 1. The molecule has 31 nitrogen and oxygen atoms in total. The standard InChI is InChI=1S/C23H30N4O2S.C22H26N4O3S.C22H28N4O2S.C20H25N3O3S.C19H23N3O3S/c1-13-22(30-16(4)24-13)19-11-18-12-27(14(2)17-5-6-17)23(28)20(18)21(25-19)15(3)26-7-9-29-10-8-26;1-12-20(30-14(3)23-12)17-10-16-11-26(13(2)15-4-5-15)21(27)18(16)19(24-17)22(28)25-6-8-29-9-7-25;1-13-21(29-15(3)23-13)18-10-17-11-26(14(2)16-4-5-16)22(27)20(17)19(24-18)12-25-6-8-28-9-7-25;1-11-18(27-13(3)21-11)16-9-15-10-23(12(2)14-5-6-14)20(24)17(15)19(22-16)26-8-7-25-4;1-10-17(26-12(3)20-10)15-8-14-9-22(11(2)13-4-5-13)19(24)16(14)18(21-15)25-7-6-23/h11,14-15,17H,5-10,12H2,1-4H3;10,13,15H,4-9,11H2,1-3H3;10,14,16H,4-9,11-12H2,1-3H3;9,12,14H,5-8,10H2,1-4H3;8,11,13,23H,4-7,9H2,1-3H3/t14-,15?;13-;14-;12-;11-/m00000/s1. The fourth-order valence-electron chi connectivity index (χ4n) is 21.2. The molecule has 3 saturated heterocycles. The summed E-state index contributed by atoms with van der Waals surface area (Å²) in [6.07, 6.45) is 12.1. The molecule has 6 amide bonds. The SMILES string of the molecule is COCCOc1nc(-c2sc(C)nc2C)cc2c1C(=O)N([C@@H](C)C1CC1)C2.Cc1nc(C)c(-c2cc3c(c(C(=O)N4CCOCC4)n2)C(=O)N([C@@H](C)C2CC2)C3)s1.Cc1nc(C)c(-c2cc3c(c(C(C)N4CCOCC4)n2)C(=O)N([C@@H](C)C2CC2)C3)s1.Cc1nc(C)c(-c2cc3c(c(CN4CCOCC4)n2)C(=O)N([C@@H](C)C2CC2)C3)s1.Cc1nc(C)c(-c2cc3c(c(OCCO)n2)C(=O)N([C@@H](C)C2CC2)C3)s1. The number of hydrogen-bond donors (Lipinski definition) is 1. The molecule has 0 aromatic carbocycles. The molecule has 10 aromatic rings. The van der Waals surface area contributed by atoms with Crippen molar-refractivity contribution in [2.75, 3.05) is 112 Å². The summed E-state index contributed by atoms with van der Waals surface area (Å²) in [5.41, 5.74) is 19.6. The van der Waals surface area contributed by atoms with Crippen molar-refractivity contribution >= 4 is 92.1 Å². The molecule has 142 heavy (non-hydrogen) atoms. The Hall–Kier alpha value is -9.96. The number of hydrogen-bond acceptors (Lipinski definition) is 30. The van der Waals surface area contributed by atoms with E-state index in [-0.39, 0.29) is 78.5 Å². The number of nitrogens with zero attached hydrogens (tertiary/aromatic N) is 18. The van der Waals surface area contributed by atoms with Crippen molar-refractivity contribution in [3.05, 3.63) is 157 Å². The number of aromatic nitrogens is 10. The average Bonchev–Trinajstić information content (AvgIpc) is 1.58. The van der Waals surface area contributed by atoms with Crippen LogP contribution in [0.25, 0.3) is 52.9 Å². The van der Waals surface area contributed by atoms with Crippen LogP contribution in [-0.4, -0.2) is 272 Å². The molecule has 5 saturated carbocycles. The van der Waals surface area contributed by atoms with Crippen LogP contribution in [0.2, 0.25) is 0 Å². The number of rotatable bonds is 27. The second-order valence-corrected chi connectivity index (χ2v) is 46.3. The second kappa shape index (κ2) is 42.6. The number of amides is 6. The molecule has 0 spiro atoms. The van der Waals surface area contributed by atoms with Crippen LogP contribution in [0.4, 0.5) is 0 Å². The first-order valence-electron chi connectivity index (χ1n) is 50.7. The molecule has 23 rings (SSSR count). The third kappa shape index (κ3) is 21.4. The zero-order valence-electron chi connectivity index (χ0n) is 84.8. The van der Waals surface area contributed by atoms with Gasteiger partial charge in [0.1, 0.15) is 30.0 Å². The third-order valence-corrected chi connectivity index (χ3v) is 35.6. The molecule has 0 bridgehead atoms. The quantitative estimate of drug-likeness (QED) is 0.0467. The van der Waals surface area contributed by atoms with E-state index in [0.29, 0.717) is 149 Å². The Bertz CT molecular complexity index is 6450. The number of morpholine rings is 3. The van der Waals surface area contributed by atoms with Gasteiger partial charge in [-0.1, -0.05) is 0 Å². The minimum atomic E-state index is -0.176. The molecular weight excluding hydrogens is 1890 g/mol. The van der Waals surface area contributed by atoms with Gasteiger partial charge in [0.25, 0.3) is 35.4 Å². The van der Waals surface area contributed by atoms with E-state index in [4.69, 9.17) is 53.5 Å². The van der Waals surface area contributed by atoms with Crippen LogP contribution in [0.1, 0.15) is 267 Å². The lowest BCUT2D eigenvalue weighted by Gasteiger charge is -2.32. The number of carbonyl (C=O) groups is 6. The van der Waals surface area contributed by atoms with E-state index in [1.807, 2.05) is 102 Å². The molecule has 1 unspecified atom stereocenters. The van der Waals surface area contributed by atoms with E-state index in [1.54, 1.807) is 68.7 Å². The fraction of sp³-hybridized carbons (Fsp3) is 0.566. The lowest BCUT2D eigenvalue weighted by molar-refractivity contribution is 0.0188. The minimum absolute atomic E-state index is 0.0106. The van der Waals surface area contributed by atoms with Crippen molar-refractivity contribution in [3.63, 3.8) is 0 Å². The minimum Gasteiger partial charge on any atom is -0.475 e. The maximum atomic E-state index is 13.5. The van der Waals surface area contributed by atoms with Crippen LogP contribution in [0.5, 0.6) is 11.8 Å². The highest BCUT2D eigenvalue weighted by molar-refractivity contribution is 7.16. The molecule has 6 atom stereocenters. The Labute approximate surface area is 851 Å². The van der Waals surface area contributed by atoms with Crippen LogP contribution in [0.3, 0.4) is 0 Å². The van der Waals surface area contributed by atoms with Crippen LogP contribution in [-0.2, 0) is 58.2 Å². The molecule has 0 radical (unpaired) electrons. The Morgan fingerprint density at radius 2 is 0.676 bits per heavy atom. The van der Waals surface area contributed by atoms with Crippen LogP contribution in [0.15, 0.2) is 30.3 Å². The smallest absolute Gasteiger partial charge is 0.273 e. The number of fused-ring (bicyclic) bond motifs is 5. The van der Waals surface area contributed by atoms with Gasteiger partial charge in [-0.15, -0.1) is 56.7 Å². The Morgan fingerprint density at radius 1 is 0.373 bits per heavy atom. The first-order chi connectivity index (χ1) is 68.4. The summed E-state index contributed by atoms with van der Waals surface area (Å²) in [4.78, 5) is 148. The van der Waals surface area contributed by atoms with E-state index in [2.05, 4.69) is 103 Å². The highest BCUT2D eigenvalue weighted by atomic mass is 32.1. The van der Waals surface area contributed by atoms with Gasteiger partial charge in [-0.2, -0.15) is 0 Å². The van der Waals surface area contributed by atoms with Gasteiger partial charge in [0.2, 0.25) is 11.8 Å². The first-order valence-corrected chi connectivity index (χ1v) is 54.7. The van der Waals surface area contributed by atoms with Gasteiger partial charge in [0.15, 0.2) is 0 Å². The molecule has 13 aliphatic rings. The normalized spacial score (nSPS) is 19.6. The van der Waals surface area contributed by atoms with E-state index in [1.165, 1.54) is 64.2 Å². The summed E-state index contributed by atoms with van der Waals surface area (Å²) in [5.74, 6) is 3.98. The highest BCUT2D eigenvalue weighted by Crippen LogP contribution is 2.49. The van der Waals surface area contributed by atoms with E-state index >= 15 is 0 Å². The van der Waals surface area contributed by atoms with Crippen molar-refractivity contribution < 1.29 is 62.3 Å². The van der Waals surface area contributed by atoms with Crippen molar-refractivity contribution in [2.24, 2.45) is 29.6 Å². The summed E-state index contributed by atoms with van der Waals surface area (Å²) < 4.78 is 33.1. The lowest BCUT2D eigenvalue weighted by Crippen LogP contribution is -2.42. The molecule has 18 heterocycles. The summed E-state index contributed by atoms with van der Waals surface area (Å²) in [6, 6.07) is 11.7. The number of aryl methyl sites for hydroxylation is 10. The van der Waals surface area contributed by atoms with Crippen molar-refractivity contribution in [1.29, 1.82) is 0 Å². The lowest BCUT2D eigenvalue weighted by atomic mass is 10.0. The molecule has 10 aromatic heterocycles. The maximum absolute atomic E-state index is 13.5. The van der Waals surface area contributed by atoms with Gasteiger partial charge in [-0.3, -0.25) is 38.6 Å². The molecule has 754 valence electrons. The fourth-order valence-corrected chi connectivity index (χ4v) is 25.6. The number of pyridine rings is 5. The van der Waals surface area contributed by atoms with Gasteiger partial charge < -0.3 is 62.9 Å². The molecule has 5 aliphatic carbocycles. The van der Waals surface area contributed by atoms with Crippen molar-refractivity contribution in [1.82, 2.24) is 89.0 Å². The Kier molecular flexibility index (Phi) is 30.2. The average molecular weight is 2030 g/mol. The van der Waals surface area contributed by atoms with Crippen molar-refractivity contribution in [2.45, 2.75) is 251 Å². The summed E-state index contributed by atoms with van der Waals surface area (Å²) in [6.45, 7) is 46.2. The second-order valence-electron chi connectivity index (χ2n) is 40.3. The molecule has 8 aliphatic heterocycles. The van der Waals surface area contributed by atoms with Gasteiger partial charge in [0, 0.05) is 116 Å². The Morgan fingerprint density at radius 3 is 1.03 bits per heavy atom. The number of aliphatic hydroxyl groups excluding tert-OH is 1. The monoisotopic (exact) mass is 2020 g/mol. The summed E-state index contributed by atoms with van der Waals surface area (Å²) in [7, 11) is 1.63. The molecule has 36 heteroatoms. The van der Waals surface area contributed by atoms with Crippen LogP contribution < -0.4 is 9.47 Å². The first kappa shape index (κ1) is 101. The summed E-state index contributed by atoms with van der Waals surface area (Å²) in [5, 5.41) is 14.2. The molecular formula is C106H132N18O13S5. The third-order valence-electron chi connectivity index (χ3n) is 30.1. The van der Waals surface area contributed by atoms with Crippen LogP contribution >= 0.6 is 56.7 Å². The summed E-state index contributed by atoms with van der Waals surface area (Å²) >= 11 is 8.16. The number of carbonyl (C=O) groups excluding carboxylic acids is 6. The number of aliphatic hydroxyl groups is 1. The Balaban J connectivity index is 0.000000113. The predicted octanol–water partition coefficient (Wildman–Crippen LogP) is 17.0. The topological polar surface area (TPSA) is 333 Å². The zero-order valence-corrected chi connectivity index (χ0v) is 88.9. The largest absolute Gasteiger partial charge is 0.475 e. The predicted molar refractivity (Wildman–Crippen MR) is 548 cm³/mol. The number of thiazole rings is 5. The number of ether oxygens (including phenoxy) is 6. The van der Waals surface area contributed by atoms with Crippen LogP contribution in [0, 0.1) is 98.8 Å². The van der Waals surface area contributed by atoms with E-state index < -0.39 is 0 Å².